The summed E-state index contributed by atoms with van der Waals surface area (Å²) >= 11 is 1.86. The highest BCUT2D eigenvalue weighted by molar-refractivity contribution is 7.14. The minimum atomic E-state index is 1.26. The third-order valence-electron chi connectivity index (χ3n) is 2.17. The Labute approximate surface area is 71.7 Å². The van der Waals surface area contributed by atoms with E-state index >= 15 is 0 Å². The first-order valence-corrected chi connectivity index (χ1v) is 5.13. The molecule has 0 aromatic carbocycles. The molecular weight excluding hydrogens is 154 g/mol. The van der Waals surface area contributed by atoms with Gasteiger partial charge in [0.05, 0.1) is 5.00 Å². The van der Waals surface area contributed by atoms with E-state index in [-0.39, 0.29) is 0 Å². The lowest BCUT2D eigenvalue weighted by Gasteiger charge is -2.26. The maximum Gasteiger partial charge on any atom is 0.0908 e. The summed E-state index contributed by atoms with van der Waals surface area (Å²) in [6.45, 7) is 2.53. The van der Waals surface area contributed by atoms with E-state index in [2.05, 4.69) is 22.4 Å². The van der Waals surface area contributed by atoms with E-state index in [1.165, 1.54) is 37.4 Å². The van der Waals surface area contributed by atoms with Crippen LogP contribution in [-0.4, -0.2) is 13.1 Å². The quantitative estimate of drug-likeness (QED) is 0.621. The van der Waals surface area contributed by atoms with Crippen molar-refractivity contribution in [1.29, 1.82) is 0 Å². The number of hydrogen-bond acceptors (Lipinski definition) is 2. The van der Waals surface area contributed by atoms with Crippen molar-refractivity contribution in [2.45, 2.75) is 19.3 Å². The average Bonchev–Trinajstić information content (AvgIpc) is 2.58. The first kappa shape index (κ1) is 7.17. The van der Waals surface area contributed by atoms with E-state index in [1.807, 2.05) is 11.3 Å². The molecule has 1 fully saturated rings. The maximum absolute atomic E-state index is 2.49. The molecule has 2 rings (SSSR count). The second kappa shape index (κ2) is 3.26. The lowest BCUT2D eigenvalue weighted by atomic mass is 10.1. The largest absolute Gasteiger partial charge is 0.363 e. The van der Waals surface area contributed by atoms with E-state index < -0.39 is 0 Å². The summed E-state index contributed by atoms with van der Waals surface area (Å²) in [6, 6.07) is 4.35. The Kier molecular flexibility index (Phi) is 2.13. The van der Waals surface area contributed by atoms with Crippen molar-refractivity contribution in [1.82, 2.24) is 0 Å². The van der Waals surface area contributed by atoms with Crippen LogP contribution in [-0.2, 0) is 0 Å². The molecule has 60 valence electrons. The van der Waals surface area contributed by atoms with Crippen LogP contribution in [0.1, 0.15) is 19.3 Å². The average molecular weight is 167 g/mol. The van der Waals surface area contributed by atoms with Gasteiger partial charge in [-0.2, -0.15) is 0 Å². The number of piperidine rings is 1. The SMILES string of the molecule is c1csc(N2CCCCC2)c1. The molecule has 0 saturated carbocycles. The van der Waals surface area contributed by atoms with Crippen molar-refractivity contribution in [2.75, 3.05) is 18.0 Å². The normalized spacial score (nSPS) is 18.7. The van der Waals surface area contributed by atoms with Crippen molar-refractivity contribution in [3.63, 3.8) is 0 Å². The Morgan fingerprint density at radius 1 is 1.18 bits per heavy atom. The second-order valence-corrected chi connectivity index (χ2v) is 3.93. The summed E-state index contributed by atoms with van der Waals surface area (Å²) in [4.78, 5) is 2.49. The van der Waals surface area contributed by atoms with Gasteiger partial charge in [-0.3, -0.25) is 0 Å². The van der Waals surface area contributed by atoms with Gasteiger partial charge in [0.25, 0.3) is 0 Å². The molecule has 0 bridgehead atoms. The van der Waals surface area contributed by atoms with E-state index in [4.69, 9.17) is 0 Å². The Bertz CT molecular complexity index is 199. The van der Waals surface area contributed by atoms with Gasteiger partial charge in [0.1, 0.15) is 0 Å². The van der Waals surface area contributed by atoms with E-state index in [0.29, 0.717) is 0 Å². The van der Waals surface area contributed by atoms with Crippen LogP contribution in [0.5, 0.6) is 0 Å². The Morgan fingerprint density at radius 3 is 2.64 bits per heavy atom. The lowest BCUT2D eigenvalue weighted by Crippen LogP contribution is -2.28. The lowest BCUT2D eigenvalue weighted by molar-refractivity contribution is 0.580. The molecule has 1 aliphatic heterocycles. The summed E-state index contributed by atoms with van der Waals surface area (Å²) < 4.78 is 0. The van der Waals surface area contributed by atoms with Crippen molar-refractivity contribution >= 4 is 16.3 Å². The first-order chi connectivity index (χ1) is 5.47. The van der Waals surface area contributed by atoms with Crippen molar-refractivity contribution in [3.05, 3.63) is 17.5 Å². The van der Waals surface area contributed by atoms with Gasteiger partial charge in [0, 0.05) is 13.1 Å². The number of hydrogen-bond donors (Lipinski definition) is 0. The fourth-order valence-electron chi connectivity index (χ4n) is 1.56. The van der Waals surface area contributed by atoms with Gasteiger partial charge in [-0.25, -0.2) is 0 Å². The zero-order valence-corrected chi connectivity index (χ0v) is 7.44. The van der Waals surface area contributed by atoms with E-state index in [1.54, 1.807) is 0 Å². The summed E-state index contributed by atoms with van der Waals surface area (Å²) in [5.41, 5.74) is 0. The molecule has 0 spiro atoms. The number of anilines is 1. The Hall–Kier alpha value is -0.500. The standard InChI is InChI=1S/C9H13NS/c1-2-6-10(7-3-1)9-5-4-8-11-9/h4-5,8H,1-3,6-7H2. The number of rotatable bonds is 1. The third-order valence-corrected chi connectivity index (χ3v) is 3.10. The van der Waals surface area contributed by atoms with Crippen LogP contribution < -0.4 is 4.90 Å². The highest BCUT2D eigenvalue weighted by Gasteiger charge is 2.10. The van der Waals surface area contributed by atoms with Crippen molar-refractivity contribution < 1.29 is 0 Å². The van der Waals surface area contributed by atoms with Crippen molar-refractivity contribution in [2.24, 2.45) is 0 Å². The fraction of sp³-hybridized carbons (Fsp3) is 0.556. The van der Waals surface area contributed by atoms with Crippen LogP contribution >= 0.6 is 11.3 Å². The van der Waals surface area contributed by atoms with Gasteiger partial charge in [-0.05, 0) is 36.8 Å². The van der Waals surface area contributed by atoms with Gasteiger partial charge < -0.3 is 4.90 Å². The van der Waals surface area contributed by atoms with Crippen LogP contribution in [0.15, 0.2) is 17.5 Å². The monoisotopic (exact) mass is 167 g/mol. The van der Waals surface area contributed by atoms with E-state index in [0.717, 1.165) is 0 Å². The highest BCUT2D eigenvalue weighted by Crippen LogP contribution is 2.24. The molecule has 1 aromatic heterocycles. The minimum absolute atomic E-state index is 1.26. The zero-order valence-electron chi connectivity index (χ0n) is 6.62. The molecule has 1 saturated heterocycles. The van der Waals surface area contributed by atoms with Crippen LogP contribution in [0.2, 0.25) is 0 Å². The van der Waals surface area contributed by atoms with Gasteiger partial charge in [0.15, 0.2) is 0 Å². The predicted molar refractivity (Wildman–Crippen MR) is 50.4 cm³/mol. The molecule has 0 radical (unpaired) electrons. The molecule has 0 amide bonds. The van der Waals surface area contributed by atoms with Crippen LogP contribution in [0.25, 0.3) is 0 Å². The molecule has 0 N–H and O–H groups in total. The zero-order chi connectivity index (χ0) is 7.52. The highest BCUT2D eigenvalue weighted by atomic mass is 32.1. The minimum Gasteiger partial charge on any atom is -0.363 e. The Balaban J connectivity index is 2.04. The van der Waals surface area contributed by atoms with Gasteiger partial charge >= 0.3 is 0 Å². The third kappa shape index (κ3) is 1.56. The molecule has 0 unspecified atom stereocenters. The summed E-state index contributed by atoms with van der Waals surface area (Å²) in [6.07, 6.45) is 4.16. The molecule has 1 aromatic rings. The number of thiophene rings is 1. The molecule has 2 heteroatoms. The maximum atomic E-state index is 2.49. The topological polar surface area (TPSA) is 3.24 Å². The molecule has 2 heterocycles. The first-order valence-electron chi connectivity index (χ1n) is 4.25. The Morgan fingerprint density at radius 2 is 2.00 bits per heavy atom. The molecule has 1 nitrogen and oxygen atoms in total. The molecule has 11 heavy (non-hydrogen) atoms. The molecular formula is C9H13NS. The predicted octanol–water partition coefficient (Wildman–Crippen LogP) is 2.74. The fourth-order valence-corrected chi connectivity index (χ4v) is 2.35. The summed E-state index contributed by atoms with van der Waals surface area (Å²) in [5, 5.41) is 3.61. The summed E-state index contributed by atoms with van der Waals surface area (Å²) in [7, 11) is 0. The van der Waals surface area contributed by atoms with Crippen molar-refractivity contribution in [3.8, 4) is 0 Å². The van der Waals surface area contributed by atoms with Gasteiger partial charge in [0.2, 0.25) is 0 Å². The smallest absolute Gasteiger partial charge is 0.0908 e. The van der Waals surface area contributed by atoms with Gasteiger partial charge in [-0.15, -0.1) is 11.3 Å². The van der Waals surface area contributed by atoms with Crippen LogP contribution in [0, 0.1) is 0 Å². The molecule has 0 aliphatic carbocycles. The summed E-state index contributed by atoms with van der Waals surface area (Å²) in [5.74, 6) is 0. The van der Waals surface area contributed by atoms with Gasteiger partial charge in [-0.1, -0.05) is 0 Å². The second-order valence-electron chi connectivity index (χ2n) is 3.00. The molecule has 1 aliphatic rings. The van der Waals surface area contributed by atoms with E-state index in [9.17, 15) is 0 Å². The number of nitrogens with zero attached hydrogens (tertiary/aromatic N) is 1. The van der Waals surface area contributed by atoms with Crippen LogP contribution in [0.4, 0.5) is 5.00 Å². The molecule has 0 atom stereocenters. The van der Waals surface area contributed by atoms with Crippen LogP contribution in [0.3, 0.4) is 0 Å².